The lowest BCUT2D eigenvalue weighted by atomic mass is 9.92. The van der Waals surface area contributed by atoms with Crippen LogP contribution < -0.4 is 0 Å². The number of fused-ring (bicyclic) bond motifs is 1. The summed E-state index contributed by atoms with van der Waals surface area (Å²) in [7, 11) is 1.49. The van der Waals surface area contributed by atoms with Crippen molar-refractivity contribution in [2.45, 2.75) is 39.3 Å². The lowest BCUT2D eigenvalue weighted by Gasteiger charge is -2.33. The van der Waals surface area contributed by atoms with E-state index in [4.69, 9.17) is 4.84 Å². The summed E-state index contributed by atoms with van der Waals surface area (Å²) in [5.41, 5.74) is 7.67. The van der Waals surface area contributed by atoms with Gasteiger partial charge in [-0.15, -0.1) is 0 Å². The van der Waals surface area contributed by atoms with Gasteiger partial charge in [0.15, 0.2) is 0 Å². The van der Waals surface area contributed by atoms with Crippen LogP contribution in [-0.2, 0) is 22.6 Å². The van der Waals surface area contributed by atoms with Gasteiger partial charge in [-0.3, -0.25) is 9.59 Å². The van der Waals surface area contributed by atoms with E-state index in [1.807, 2.05) is 73.3 Å². The molecular weight excluding hydrogens is 450 g/mol. The molecule has 3 aromatic rings. The molecule has 3 aromatic carbocycles. The van der Waals surface area contributed by atoms with Crippen LogP contribution >= 0.6 is 0 Å². The number of aryl methyl sites for hydroxylation is 2. The van der Waals surface area contributed by atoms with Crippen molar-refractivity contribution in [3.63, 3.8) is 0 Å². The second-order valence-electron chi connectivity index (χ2n) is 9.58. The number of nitrogens with zero attached hydrogens (tertiary/aromatic N) is 3. The van der Waals surface area contributed by atoms with Crippen LogP contribution in [0.15, 0.2) is 71.9 Å². The van der Waals surface area contributed by atoms with Crippen LogP contribution in [0, 0.1) is 13.8 Å². The number of hydrogen-bond acceptors (Lipinski definition) is 4. The Hall–Kier alpha value is -3.93. The first-order valence-electron chi connectivity index (χ1n) is 12.4. The van der Waals surface area contributed by atoms with Crippen molar-refractivity contribution in [2.24, 2.45) is 5.16 Å². The first-order valence-corrected chi connectivity index (χ1v) is 12.4. The summed E-state index contributed by atoms with van der Waals surface area (Å²) in [6.45, 7) is 5.47. The van der Waals surface area contributed by atoms with Gasteiger partial charge in [-0.25, -0.2) is 0 Å². The van der Waals surface area contributed by atoms with E-state index in [2.05, 4.69) is 17.3 Å². The van der Waals surface area contributed by atoms with Gasteiger partial charge in [0.25, 0.3) is 5.91 Å². The Labute approximate surface area is 212 Å². The van der Waals surface area contributed by atoms with E-state index >= 15 is 0 Å². The highest BCUT2D eigenvalue weighted by Gasteiger charge is 2.41. The molecule has 2 heterocycles. The number of rotatable bonds is 4. The largest absolute Gasteiger partial charge is 0.399 e. The van der Waals surface area contributed by atoms with Gasteiger partial charge in [-0.05, 0) is 53.6 Å². The van der Waals surface area contributed by atoms with Gasteiger partial charge in [-0.1, -0.05) is 71.9 Å². The topological polar surface area (TPSA) is 62.2 Å². The molecule has 1 saturated heterocycles. The number of carbonyl (C=O) groups is 2. The molecule has 6 heteroatoms. The zero-order valence-electron chi connectivity index (χ0n) is 21.0. The van der Waals surface area contributed by atoms with Crippen LogP contribution in [0.25, 0.3) is 11.1 Å². The zero-order valence-corrected chi connectivity index (χ0v) is 21.0. The minimum Gasteiger partial charge on any atom is -0.399 e. The fraction of sp³-hybridized carbons (Fsp3) is 0.300. The van der Waals surface area contributed by atoms with Crippen molar-refractivity contribution in [3.8, 4) is 11.1 Å². The fourth-order valence-electron chi connectivity index (χ4n) is 5.42. The van der Waals surface area contributed by atoms with Gasteiger partial charge in [0.1, 0.15) is 13.2 Å². The second kappa shape index (κ2) is 9.97. The van der Waals surface area contributed by atoms with Crippen molar-refractivity contribution in [1.29, 1.82) is 0 Å². The molecule has 2 aliphatic heterocycles. The summed E-state index contributed by atoms with van der Waals surface area (Å²) in [6.07, 6.45) is 1.19. The number of oxime groups is 1. The van der Waals surface area contributed by atoms with E-state index in [-0.39, 0.29) is 18.4 Å². The molecule has 5 rings (SSSR count). The van der Waals surface area contributed by atoms with Crippen molar-refractivity contribution >= 4 is 17.5 Å². The summed E-state index contributed by atoms with van der Waals surface area (Å²) in [5.74, 6) is -0.186. The smallest absolute Gasteiger partial charge is 0.255 e. The molecule has 184 valence electrons. The van der Waals surface area contributed by atoms with E-state index in [1.165, 1.54) is 18.2 Å². The number of amides is 2. The Morgan fingerprint density at radius 2 is 1.56 bits per heavy atom. The van der Waals surface area contributed by atoms with E-state index < -0.39 is 6.04 Å². The molecule has 2 aliphatic rings. The summed E-state index contributed by atoms with van der Waals surface area (Å²) in [6, 6.07) is 21.6. The highest BCUT2D eigenvalue weighted by atomic mass is 16.6. The Balaban J connectivity index is 1.50. The molecular formula is C30H31N3O3. The molecule has 36 heavy (non-hydrogen) atoms. The maximum absolute atomic E-state index is 14.2. The summed E-state index contributed by atoms with van der Waals surface area (Å²) >= 11 is 0. The molecule has 0 aromatic heterocycles. The third-order valence-electron chi connectivity index (χ3n) is 7.29. The Bertz CT molecular complexity index is 1350. The predicted octanol–water partition coefficient (Wildman–Crippen LogP) is 4.77. The normalized spacial score (nSPS) is 18.3. The van der Waals surface area contributed by atoms with Crippen LogP contribution in [0.1, 0.15) is 39.0 Å². The Kier molecular flexibility index (Phi) is 6.59. The molecule has 0 N–H and O–H groups in total. The van der Waals surface area contributed by atoms with Crippen LogP contribution in [0.3, 0.4) is 0 Å². The minimum absolute atomic E-state index is 0.0369. The number of carbonyl (C=O) groups excluding carboxylic acids is 2. The van der Waals surface area contributed by atoms with Crippen molar-refractivity contribution in [3.05, 3.63) is 94.5 Å². The van der Waals surface area contributed by atoms with E-state index in [0.717, 1.165) is 28.7 Å². The first-order chi connectivity index (χ1) is 17.5. The van der Waals surface area contributed by atoms with E-state index in [9.17, 15) is 9.59 Å². The third-order valence-corrected chi connectivity index (χ3v) is 7.29. The van der Waals surface area contributed by atoms with Crippen LogP contribution in [0.2, 0.25) is 0 Å². The number of benzene rings is 3. The lowest BCUT2D eigenvalue weighted by Crippen LogP contribution is -2.49. The molecule has 1 fully saturated rings. The van der Waals surface area contributed by atoms with Crippen LogP contribution in [0.5, 0.6) is 0 Å². The molecule has 0 radical (unpaired) electrons. The lowest BCUT2D eigenvalue weighted by molar-refractivity contribution is -0.136. The summed E-state index contributed by atoms with van der Waals surface area (Å²) < 4.78 is 0. The molecule has 0 aliphatic carbocycles. The molecule has 0 saturated carbocycles. The SMILES string of the molecule is CON=C1C[C@@H](C(=O)N2CCc3ccccc3C2)N(C(=O)c2c(C)cccc2-c2ccccc2C)C1. The minimum atomic E-state index is -0.610. The highest BCUT2D eigenvalue weighted by Crippen LogP contribution is 2.32. The van der Waals surface area contributed by atoms with Gasteiger partial charge in [-0.2, -0.15) is 0 Å². The molecule has 6 nitrogen and oxygen atoms in total. The number of hydrogen-bond donors (Lipinski definition) is 0. The number of likely N-dealkylation sites (tertiary alicyclic amines) is 1. The average molecular weight is 482 g/mol. The average Bonchev–Trinajstić information content (AvgIpc) is 3.32. The summed E-state index contributed by atoms with van der Waals surface area (Å²) in [5, 5.41) is 4.13. The highest BCUT2D eigenvalue weighted by molar-refractivity contribution is 6.09. The van der Waals surface area contributed by atoms with Gasteiger partial charge < -0.3 is 14.6 Å². The quantitative estimate of drug-likeness (QED) is 0.504. The molecule has 1 atom stereocenters. The van der Waals surface area contributed by atoms with Crippen molar-refractivity contribution < 1.29 is 14.4 Å². The molecule has 0 bridgehead atoms. The standard InChI is InChI=1S/C30H31N3O3/c1-20-9-4-7-13-25(20)26-14-8-10-21(2)28(26)30(35)33-19-24(31-36-3)17-27(33)29(34)32-16-15-22-11-5-6-12-23(22)18-32/h4-14,27H,15-19H2,1-3H3/t27-/m0/s1. The molecule has 0 unspecified atom stereocenters. The van der Waals surface area contributed by atoms with Gasteiger partial charge in [0.2, 0.25) is 5.91 Å². The zero-order chi connectivity index (χ0) is 25.2. The van der Waals surface area contributed by atoms with Gasteiger partial charge in [0.05, 0.1) is 17.8 Å². The molecule has 2 amide bonds. The second-order valence-corrected chi connectivity index (χ2v) is 9.58. The van der Waals surface area contributed by atoms with Gasteiger partial charge in [0, 0.05) is 19.5 Å². The van der Waals surface area contributed by atoms with E-state index in [1.54, 1.807) is 4.90 Å². The predicted molar refractivity (Wildman–Crippen MR) is 141 cm³/mol. The fourth-order valence-corrected chi connectivity index (χ4v) is 5.42. The van der Waals surface area contributed by atoms with Crippen molar-refractivity contribution in [2.75, 3.05) is 20.2 Å². The maximum atomic E-state index is 14.2. The van der Waals surface area contributed by atoms with Crippen molar-refractivity contribution in [1.82, 2.24) is 9.80 Å². The first kappa shape index (κ1) is 23.8. The maximum Gasteiger partial charge on any atom is 0.255 e. The van der Waals surface area contributed by atoms with Crippen LogP contribution in [-0.4, -0.2) is 53.6 Å². The van der Waals surface area contributed by atoms with Gasteiger partial charge >= 0.3 is 0 Å². The monoisotopic (exact) mass is 481 g/mol. The van der Waals surface area contributed by atoms with E-state index in [0.29, 0.717) is 30.8 Å². The van der Waals surface area contributed by atoms with Crippen LogP contribution in [0.4, 0.5) is 0 Å². The Morgan fingerprint density at radius 3 is 2.33 bits per heavy atom. The Morgan fingerprint density at radius 1 is 0.861 bits per heavy atom. The summed E-state index contributed by atoms with van der Waals surface area (Å²) in [4.78, 5) is 36.6. The molecule has 0 spiro atoms. The third kappa shape index (κ3) is 4.39.